The number of rotatable bonds is 10. The molecule has 0 aliphatic carbocycles. The average Bonchev–Trinajstić information content (AvgIpc) is 2.72. The fourth-order valence-corrected chi connectivity index (χ4v) is 3.88. The number of hydrogen-bond donors (Lipinski definition) is 2. The lowest BCUT2D eigenvalue weighted by Crippen LogP contribution is -2.28. The summed E-state index contributed by atoms with van der Waals surface area (Å²) in [6, 6.07) is 11.2. The lowest BCUT2D eigenvalue weighted by Gasteiger charge is -2.17. The van der Waals surface area contributed by atoms with E-state index in [4.69, 9.17) is 0 Å². The molecule has 162 valence electrons. The molecule has 2 N–H and O–H groups in total. The zero-order chi connectivity index (χ0) is 22.1. The Bertz CT molecular complexity index is 978. The number of nitrogens with zero attached hydrogens (tertiary/aromatic N) is 1. The van der Waals surface area contributed by atoms with Gasteiger partial charge in [-0.3, -0.25) is 9.59 Å². The fraction of sp³-hybridized carbons (Fsp3) is 0.333. The topological polar surface area (TPSA) is 95.6 Å². The molecule has 9 heteroatoms. The zero-order valence-corrected chi connectivity index (χ0v) is 17.8. The van der Waals surface area contributed by atoms with Gasteiger partial charge in [0.05, 0.1) is 4.90 Å². The summed E-state index contributed by atoms with van der Waals surface area (Å²) in [4.78, 5) is 24.2. The quantitative estimate of drug-likeness (QED) is 0.600. The van der Waals surface area contributed by atoms with Crippen LogP contribution in [0.15, 0.2) is 53.4 Å². The molecule has 0 heterocycles. The predicted octanol–water partition coefficient (Wildman–Crippen LogP) is 3.00. The van der Waals surface area contributed by atoms with Gasteiger partial charge in [0.1, 0.15) is 5.82 Å². The Morgan fingerprint density at radius 1 is 1.10 bits per heavy atom. The molecule has 30 heavy (non-hydrogen) atoms. The van der Waals surface area contributed by atoms with Crippen LogP contribution >= 0.6 is 0 Å². The number of hydrogen-bond acceptors (Lipinski definition) is 4. The van der Waals surface area contributed by atoms with Crippen molar-refractivity contribution in [1.29, 1.82) is 0 Å². The van der Waals surface area contributed by atoms with E-state index in [-0.39, 0.29) is 29.7 Å². The monoisotopic (exact) mass is 435 g/mol. The summed E-state index contributed by atoms with van der Waals surface area (Å²) in [6.07, 6.45) is 1.24. The number of halogens is 1. The normalized spacial score (nSPS) is 11.3. The highest BCUT2D eigenvalue weighted by Gasteiger charge is 2.20. The second-order valence-corrected chi connectivity index (χ2v) is 8.81. The highest BCUT2D eigenvalue weighted by atomic mass is 32.2. The molecule has 0 saturated heterocycles. The van der Waals surface area contributed by atoms with Gasteiger partial charge in [-0.25, -0.2) is 17.1 Å². The predicted molar refractivity (Wildman–Crippen MR) is 113 cm³/mol. The highest BCUT2D eigenvalue weighted by Crippen LogP contribution is 2.16. The van der Waals surface area contributed by atoms with Crippen molar-refractivity contribution in [2.24, 2.45) is 0 Å². The van der Waals surface area contributed by atoms with E-state index in [0.717, 1.165) is 22.9 Å². The van der Waals surface area contributed by atoms with Gasteiger partial charge in [-0.2, -0.15) is 0 Å². The van der Waals surface area contributed by atoms with Gasteiger partial charge in [-0.05, 0) is 55.3 Å². The van der Waals surface area contributed by atoms with Crippen LogP contribution in [0.2, 0.25) is 0 Å². The van der Waals surface area contributed by atoms with Crippen LogP contribution in [0.4, 0.5) is 10.1 Å². The van der Waals surface area contributed by atoms with Gasteiger partial charge < -0.3 is 10.6 Å². The molecule has 0 atom stereocenters. The van der Waals surface area contributed by atoms with E-state index in [9.17, 15) is 22.4 Å². The minimum absolute atomic E-state index is 0.00554. The van der Waals surface area contributed by atoms with Crippen LogP contribution in [0.25, 0.3) is 0 Å². The number of carbonyl (C=O) groups is 2. The van der Waals surface area contributed by atoms with E-state index < -0.39 is 15.8 Å². The average molecular weight is 436 g/mol. The first-order valence-electron chi connectivity index (χ1n) is 9.64. The van der Waals surface area contributed by atoms with Crippen molar-refractivity contribution in [3.8, 4) is 0 Å². The first kappa shape index (κ1) is 23.5. The number of anilines is 1. The molecule has 0 aliphatic rings. The molecular weight excluding hydrogens is 409 g/mol. The van der Waals surface area contributed by atoms with Gasteiger partial charge >= 0.3 is 0 Å². The van der Waals surface area contributed by atoms with E-state index in [0.29, 0.717) is 24.2 Å². The van der Waals surface area contributed by atoms with Gasteiger partial charge in [-0.1, -0.05) is 13.0 Å². The van der Waals surface area contributed by atoms with Gasteiger partial charge in [0.2, 0.25) is 15.9 Å². The molecule has 0 spiro atoms. The molecule has 2 amide bonds. The Labute approximate surface area is 176 Å². The van der Waals surface area contributed by atoms with Crippen molar-refractivity contribution >= 4 is 27.5 Å². The Hall–Kier alpha value is -2.78. The molecule has 0 saturated carbocycles. The maximum atomic E-state index is 13.0. The Morgan fingerprint density at radius 3 is 2.47 bits per heavy atom. The smallest absolute Gasteiger partial charge is 0.251 e. The van der Waals surface area contributed by atoms with Crippen molar-refractivity contribution in [1.82, 2.24) is 9.62 Å². The lowest BCUT2D eigenvalue weighted by molar-refractivity contribution is -0.116. The molecule has 2 aromatic carbocycles. The van der Waals surface area contributed by atoms with Crippen LogP contribution in [0.1, 0.15) is 36.5 Å². The standard InChI is InChI=1S/C21H26FN3O4S/c1-3-13-23-21(27)16-6-4-7-18(15-16)24-20(26)8-5-14-25(2)30(28,29)19-11-9-17(22)10-12-19/h4,6-7,9-12,15H,3,5,8,13-14H2,1-2H3,(H,23,27)(H,24,26). The molecule has 0 aromatic heterocycles. The summed E-state index contributed by atoms with van der Waals surface area (Å²) in [6.45, 7) is 2.66. The first-order chi connectivity index (χ1) is 14.2. The first-order valence-corrected chi connectivity index (χ1v) is 11.1. The molecule has 0 radical (unpaired) electrons. The van der Waals surface area contributed by atoms with E-state index >= 15 is 0 Å². The van der Waals surface area contributed by atoms with Crippen LogP contribution in [0.3, 0.4) is 0 Å². The van der Waals surface area contributed by atoms with Crippen LogP contribution in [0.5, 0.6) is 0 Å². The number of nitrogens with one attached hydrogen (secondary N) is 2. The summed E-state index contributed by atoms with van der Waals surface area (Å²) < 4.78 is 39.0. The van der Waals surface area contributed by atoms with Crippen molar-refractivity contribution in [2.75, 3.05) is 25.5 Å². The molecule has 2 rings (SSSR count). The lowest BCUT2D eigenvalue weighted by atomic mass is 10.2. The molecule has 0 unspecified atom stereocenters. The summed E-state index contributed by atoms with van der Waals surface area (Å²) in [5.74, 6) is -1.01. The minimum atomic E-state index is -3.74. The van der Waals surface area contributed by atoms with E-state index in [1.165, 1.54) is 19.2 Å². The number of benzene rings is 2. The maximum absolute atomic E-state index is 13.0. The molecule has 0 aliphatic heterocycles. The third kappa shape index (κ3) is 6.64. The van der Waals surface area contributed by atoms with Crippen molar-refractivity contribution in [3.63, 3.8) is 0 Å². The van der Waals surface area contributed by atoms with Crippen molar-refractivity contribution in [2.45, 2.75) is 31.1 Å². The van der Waals surface area contributed by atoms with Crippen LogP contribution in [-0.4, -0.2) is 44.7 Å². The Kier molecular flexibility index (Phi) is 8.49. The van der Waals surface area contributed by atoms with Gasteiger partial charge in [0.25, 0.3) is 5.91 Å². The Balaban J connectivity index is 1.86. The molecule has 7 nitrogen and oxygen atoms in total. The summed E-state index contributed by atoms with van der Waals surface area (Å²) in [5.41, 5.74) is 0.947. The largest absolute Gasteiger partial charge is 0.352 e. The second-order valence-electron chi connectivity index (χ2n) is 6.77. The zero-order valence-electron chi connectivity index (χ0n) is 17.0. The van der Waals surface area contributed by atoms with Crippen LogP contribution in [-0.2, 0) is 14.8 Å². The number of amides is 2. The van der Waals surface area contributed by atoms with Crippen LogP contribution < -0.4 is 10.6 Å². The summed E-state index contributed by atoms with van der Waals surface area (Å²) >= 11 is 0. The Morgan fingerprint density at radius 2 is 1.80 bits per heavy atom. The van der Waals surface area contributed by atoms with Gasteiger partial charge in [0, 0.05) is 37.8 Å². The van der Waals surface area contributed by atoms with Crippen molar-refractivity contribution < 1.29 is 22.4 Å². The second kappa shape index (κ2) is 10.8. The molecule has 0 bridgehead atoms. The number of sulfonamides is 1. The van der Waals surface area contributed by atoms with Gasteiger partial charge in [-0.15, -0.1) is 0 Å². The number of carbonyl (C=O) groups excluding carboxylic acids is 2. The van der Waals surface area contributed by atoms with Gasteiger partial charge in [0.15, 0.2) is 0 Å². The maximum Gasteiger partial charge on any atom is 0.251 e. The molecular formula is C21H26FN3O4S. The van der Waals surface area contributed by atoms with Crippen LogP contribution in [0, 0.1) is 5.82 Å². The van der Waals surface area contributed by atoms with Crippen molar-refractivity contribution in [3.05, 3.63) is 59.9 Å². The third-order valence-electron chi connectivity index (χ3n) is 4.34. The highest BCUT2D eigenvalue weighted by molar-refractivity contribution is 7.89. The molecule has 0 fully saturated rings. The van der Waals surface area contributed by atoms with E-state index in [1.807, 2.05) is 6.92 Å². The van der Waals surface area contributed by atoms with E-state index in [1.54, 1.807) is 24.3 Å². The SMILES string of the molecule is CCCNC(=O)c1cccc(NC(=O)CCCN(C)S(=O)(=O)c2ccc(F)cc2)c1. The summed E-state index contributed by atoms with van der Waals surface area (Å²) in [7, 11) is -2.33. The minimum Gasteiger partial charge on any atom is -0.352 e. The van der Waals surface area contributed by atoms with E-state index in [2.05, 4.69) is 10.6 Å². The summed E-state index contributed by atoms with van der Waals surface area (Å²) in [5, 5.41) is 5.49. The third-order valence-corrected chi connectivity index (χ3v) is 6.21. The molecule has 2 aromatic rings. The fourth-order valence-electron chi connectivity index (χ4n) is 2.67.